The molecule has 16 heavy (non-hydrogen) atoms. The van der Waals surface area contributed by atoms with Crippen LogP contribution in [-0.2, 0) is 4.74 Å². The van der Waals surface area contributed by atoms with Crippen molar-refractivity contribution in [2.45, 2.75) is 6.42 Å². The Kier molecular flexibility index (Phi) is 3.92. The summed E-state index contributed by atoms with van der Waals surface area (Å²) >= 11 is 3.38. The van der Waals surface area contributed by atoms with E-state index in [0.717, 1.165) is 36.5 Å². The Morgan fingerprint density at radius 3 is 3.19 bits per heavy atom. The number of nitrogen functional groups attached to an aromatic ring is 1. The zero-order chi connectivity index (χ0) is 11.4. The van der Waals surface area contributed by atoms with Gasteiger partial charge in [-0.25, -0.2) is 10.8 Å². The second-order valence-electron chi connectivity index (χ2n) is 3.65. The molecular formula is C9H14BrN5O. The minimum atomic E-state index is 0.397. The van der Waals surface area contributed by atoms with Crippen molar-refractivity contribution in [2.75, 3.05) is 30.5 Å². The summed E-state index contributed by atoms with van der Waals surface area (Å²) in [4.78, 5) is 8.18. The molecule has 0 aliphatic carbocycles. The number of anilines is 2. The maximum Gasteiger partial charge on any atom is 0.239 e. The van der Waals surface area contributed by atoms with Crippen molar-refractivity contribution in [1.82, 2.24) is 9.97 Å². The molecule has 1 unspecified atom stereocenters. The van der Waals surface area contributed by atoms with Crippen LogP contribution in [0.1, 0.15) is 6.42 Å². The molecule has 0 spiro atoms. The molecule has 1 aromatic rings. The van der Waals surface area contributed by atoms with Gasteiger partial charge in [-0.1, -0.05) is 0 Å². The first-order valence-corrected chi connectivity index (χ1v) is 5.89. The lowest BCUT2D eigenvalue weighted by Gasteiger charge is -2.11. The first-order valence-electron chi connectivity index (χ1n) is 5.10. The van der Waals surface area contributed by atoms with Crippen molar-refractivity contribution in [1.29, 1.82) is 0 Å². The third-order valence-corrected chi connectivity index (χ3v) is 3.04. The molecule has 1 fully saturated rings. The Bertz CT molecular complexity index is 356. The summed E-state index contributed by atoms with van der Waals surface area (Å²) in [5.41, 5.74) is 2.41. The van der Waals surface area contributed by atoms with Crippen LogP contribution in [0.2, 0.25) is 0 Å². The van der Waals surface area contributed by atoms with E-state index in [2.05, 4.69) is 36.6 Å². The molecule has 0 radical (unpaired) electrons. The highest BCUT2D eigenvalue weighted by Gasteiger charge is 2.16. The maximum atomic E-state index is 5.30. The number of nitrogens with two attached hydrogens (primary N) is 1. The highest BCUT2D eigenvalue weighted by atomic mass is 79.9. The fraction of sp³-hybridized carbons (Fsp3) is 0.556. The molecular weight excluding hydrogens is 274 g/mol. The number of halogens is 1. The lowest BCUT2D eigenvalue weighted by Crippen LogP contribution is -2.17. The third kappa shape index (κ3) is 2.81. The third-order valence-electron chi connectivity index (χ3n) is 2.46. The molecule has 1 aliphatic rings. The van der Waals surface area contributed by atoms with Gasteiger partial charge in [-0.3, -0.25) is 5.43 Å². The number of aromatic nitrogens is 2. The van der Waals surface area contributed by atoms with Gasteiger partial charge < -0.3 is 10.1 Å². The number of nitrogens with one attached hydrogen (secondary N) is 2. The molecule has 0 amide bonds. The van der Waals surface area contributed by atoms with Crippen molar-refractivity contribution in [3.8, 4) is 0 Å². The van der Waals surface area contributed by atoms with Gasteiger partial charge in [-0.2, -0.15) is 4.98 Å². The zero-order valence-electron chi connectivity index (χ0n) is 8.74. The molecule has 0 aromatic carbocycles. The van der Waals surface area contributed by atoms with E-state index in [9.17, 15) is 0 Å². The first-order chi connectivity index (χ1) is 7.79. The van der Waals surface area contributed by atoms with E-state index in [-0.39, 0.29) is 0 Å². The molecule has 1 aromatic heterocycles. The number of hydrogen-bond acceptors (Lipinski definition) is 6. The number of rotatable bonds is 4. The van der Waals surface area contributed by atoms with E-state index in [0.29, 0.717) is 11.9 Å². The molecule has 7 heteroatoms. The van der Waals surface area contributed by atoms with E-state index in [4.69, 9.17) is 10.6 Å². The molecule has 2 rings (SSSR count). The molecule has 2 heterocycles. The van der Waals surface area contributed by atoms with E-state index in [1.54, 1.807) is 6.20 Å². The van der Waals surface area contributed by atoms with Crippen molar-refractivity contribution in [3.05, 3.63) is 10.7 Å². The fourth-order valence-electron chi connectivity index (χ4n) is 1.55. The molecule has 1 atom stereocenters. The Balaban J connectivity index is 1.96. The standard InChI is InChI=1S/C9H14BrN5O/c10-7-4-13-9(15-11)14-8(7)12-3-6-1-2-16-5-6/h4,6H,1-3,5,11H2,(H2,12,13,14,15). The second kappa shape index (κ2) is 5.42. The molecule has 0 bridgehead atoms. The Morgan fingerprint density at radius 1 is 1.62 bits per heavy atom. The van der Waals surface area contributed by atoms with Gasteiger partial charge in [0.25, 0.3) is 0 Å². The van der Waals surface area contributed by atoms with Crippen molar-refractivity contribution >= 4 is 27.7 Å². The zero-order valence-corrected chi connectivity index (χ0v) is 10.3. The van der Waals surface area contributed by atoms with Gasteiger partial charge >= 0.3 is 0 Å². The second-order valence-corrected chi connectivity index (χ2v) is 4.50. The quantitative estimate of drug-likeness (QED) is 0.565. The molecule has 6 nitrogen and oxygen atoms in total. The van der Waals surface area contributed by atoms with Crippen LogP contribution in [0.25, 0.3) is 0 Å². The van der Waals surface area contributed by atoms with Gasteiger partial charge in [-0.05, 0) is 22.4 Å². The summed E-state index contributed by atoms with van der Waals surface area (Å²) in [7, 11) is 0. The normalized spacial score (nSPS) is 19.8. The summed E-state index contributed by atoms with van der Waals surface area (Å²) in [6, 6.07) is 0. The van der Waals surface area contributed by atoms with Crippen LogP contribution in [0.5, 0.6) is 0 Å². The van der Waals surface area contributed by atoms with Gasteiger partial charge in [0.1, 0.15) is 5.82 Å². The summed E-state index contributed by atoms with van der Waals surface area (Å²) in [5.74, 6) is 6.94. The lowest BCUT2D eigenvalue weighted by atomic mass is 10.1. The van der Waals surface area contributed by atoms with E-state index in [1.165, 1.54) is 0 Å². The Hall–Kier alpha value is -0.920. The van der Waals surface area contributed by atoms with Crippen LogP contribution in [0.4, 0.5) is 11.8 Å². The van der Waals surface area contributed by atoms with Crippen molar-refractivity contribution in [2.24, 2.45) is 11.8 Å². The number of hydrazine groups is 1. The van der Waals surface area contributed by atoms with Crippen LogP contribution in [0.3, 0.4) is 0 Å². The fourth-order valence-corrected chi connectivity index (χ4v) is 1.88. The van der Waals surface area contributed by atoms with Gasteiger partial charge in [0.15, 0.2) is 0 Å². The van der Waals surface area contributed by atoms with Crippen LogP contribution < -0.4 is 16.6 Å². The summed E-state index contributed by atoms with van der Waals surface area (Å²) in [6.45, 7) is 2.52. The van der Waals surface area contributed by atoms with Crippen LogP contribution in [0.15, 0.2) is 10.7 Å². The Morgan fingerprint density at radius 2 is 2.50 bits per heavy atom. The van der Waals surface area contributed by atoms with E-state index < -0.39 is 0 Å². The van der Waals surface area contributed by atoms with E-state index in [1.807, 2.05) is 0 Å². The van der Waals surface area contributed by atoms with Gasteiger partial charge in [0.05, 0.1) is 11.1 Å². The molecule has 0 saturated carbocycles. The molecule has 1 saturated heterocycles. The van der Waals surface area contributed by atoms with Gasteiger partial charge in [-0.15, -0.1) is 0 Å². The monoisotopic (exact) mass is 287 g/mol. The maximum absolute atomic E-state index is 5.30. The van der Waals surface area contributed by atoms with Crippen LogP contribution in [0, 0.1) is 5.92 Å². The summed E-state index contributed by atoms with van der Waals surface area (Å²) in [6.07, 6.45) is 2.76. The Labute approximate surface area is 102 Å². The van der Waals surface area contributed by atoms with Crippen molar-refractivity contribution in [3.63, 3.8) is 0 Å². The highest BCUT2D eigenvalue weighted by molar-refractivity contribution is 9.10. The van der Waals surface area contributed by atoms with Crippen molar-refractivity contribution < 1.29 is 4.74 Å². The predicted molar refractivity (Wildman–Crippen MR) is 65.0 cm³/mol. The first kappa shape index (κ1) is 11.6. The summed E-state index contributed by atoms with van der Waals surface area (Å²) < 4.78 is 6.13. The number of ether oxygens (including phenoxy) is 1. The van der Waals surface area contributed by atoms with Gasteiger partial charge in [0, 0.05) is 25.3 Å². The number of nitrogens with zero attached hydrogens (tertiary/aromatic N) is 2. The number of hydrogen-bond donors (Lipinski definition) is 3. The lowest BCUT2D eigenvalue weighted by molar-refractivity contribution is 0.187. The molecule has 1 aliphatic heterocycles. The predicted octanol–water partition coefficient (Wildman–Crippen LogP) is 0.973. The average Bonchev–Trinajstić information content (AvgIpc) is 2.81. The summed E-state index contributed by atoms with van der Waals surface area (Å²) in [5, 5.41) is 3.26. The van der Waals surface area contributed by atoms with Gasteiger partial charge in [0.2, 0.25) is 5.95 Å². The minimum absolute atomic E-state index is 0.397. The van der Waals surface area contributed by atoms with Crippen LogP contribution in [-0.4, -0.2) is 29.7 Å². The smallest absolute Gasteiger partial charge is 0.239 e. The topological polar surface area (TPSA) is 85.1 Å². The molecule has 4 N–H and O–H groups in total. The largest absolute Gasteiger partial charge is 0.381 e. The highest BCUT2D eigenvalue weighted by Crippen LogP contribution is 2.21. The SMILES string of the molecule is NNc1ncc(Br)c(NCC2CCOC2)n1. The molecule has 88 valence electrons. The average molecular weight is 288 g/mol. The minimum Gasteiger partial charge on any atom is -0.381 e. The van der Waals surface area contributed by atoms with E-state index >= 15 is 0 Å². The van der Waals surface area contributed by atoms with Crippen LogP contribution >= 0.6 is 15.9 Å².